The summed E-state index contributed by atoms with van der Waals surface area (Å²) in [5, 5.41) is 0. The molecule has 1 aliphatic rings. The highest BCUT2D eigenvalue weighted by atomic mass is 16.5. The van der Waals surface area contributed by atoms with Gasteiger partial charge in [0.1, 0.15) is 22.9 Å². The number of carbonyl (C=O) groups excluding carboxylic acids is 1. The van der Waals surface area contributed by atoms with E-state index in [1.807, 2.05) is 54.6 Å². The van der Waals surface area contributed by atoms with Gasteiger partial charge in [0.15, 0.2) is 0 Å². The standard InChI is InChI=1S/C27H25N5O4/c1-34-20-6-2-18(3-7-20)23-17-24(31-27(28)30-23)19-4-8-21(9-5-19)36-22-10-11-29-25(16-22)26(33)32-12-14-35-15-13-32/h2-11,16-17H,12-15H2,1H3,(H2,28,30,31). The topological polar surface area (TPSA) is 113 Å². The number of nitrogens with zero attached hydrogens (tertiary/aromatic N) is 4. The lowest BCUT2D eigenvalue weighted by molar-refractivity contribution is 0.0299. The molecule has 1 aliphatic heterocycles. The van der Waals surface area contributed by atoms with Crippen LogP contribution < -0.4 is 15.2 Å². The van der Waals surface area contributed by atoms with Crippen LogP contribution in [0.4, 0.5) is 5.95 Å². The van der Waals surface area contributed by atoms with E-state index in [4.69, 9.17) is 19.9 Å². The highest BCUT2D eigenvalue weighted by molar-refractivity contribution is 5.92. The fourth-order valence-corrected chi connectivity index (χ4v) is 3.87. The molecule has 182 valence electrons. The maximum atomic E-state index is 12.7. The van der Waals surface area contributed by atoms with E-state index >= 15 is 0 Å². The smallest absolute Gasteiger partial charge is 0.272 e. The quantitative estimate of drug-likeness (QED) is 0.437. The van der Waals surface area contributed by atoms with E-state index in [2.05, 4.69) is 15.0 Å². The minimum absolute atomic E-state index is 0.131. The Morgan fingerprint density at radius 2 is 1.47 bits per heavy atom. The van der Waals surface area contributed by atoms with Crippen molar-refractivity contribution < 1.29 is 19.0 Å². The average Bonchev–Trinajstić information content (AvgIpc) is 2.93. The molecule has 0 unspecified atom stereocenters. The van der Waals surface area contributed by atoms with Crippen LogP contribution in [0.3, 0.4) is 0 Å². The van der Waals surface area contributed by atoms with Crippen molar-refractivity contribution in [3.05, 3.63) is 78.6 Å². The zero-order valence-electron chi connectivity index (χ0n) is 19.8. The van der Waals surface area contributed by atoms with Crippen molar-refractivity contribution in [1.29, 1.82) is 0 Å². The van der Waals surface area contributed by atoms with Crippen LogP contribution in [-0.2, 0) is 4.74 Å². The molecule has 0 spiro atoms. The molecule has 2 aromatic carbocycles. The second-order valence-electron chi connectivity index (χ2n) is 8.13. The molecule has 1 amide bonds. The maximum absolute atomic E-state index is 12.7. The van der Waals surface area contributed by atoms with Crippen LogP contribution in [0.5, 0.6) is 17.2 Å². The summed E-state index contributed by atoms with van der Waals surface area (Å²) in [6.07, 6.45) is 1.57. The van der Waals surface area contributed by atoms with Gasteiger partial charge >= 0.3 is 0 Å². The molecule has 2 N–H and O–H groups in total. The number of anilines is 1. The Kier molecular flexibility index (Phi) is 6.72. The molecule has 0 radical (unpaired) electrons. The van der Waals surface area contributed by atoms with E-state index in [1.165, 1.54) is 0 Å². The predicted octanol–water partition coefficient (Wildman–Crippen LogP) is 4.06. The number of carbonyl (C=O) groups is 1. The van der Waals surface area contributed by atoms with E-state index in [0.29, 0.717) is 49.2 Å². The van der Waals surface area contributed by atoms with Crippen LogP contribution >= 0.6 is 0 Å². The van der Waals surface area contributed by atoms with Crippen molar-refractivity contribution >= 4 is 11.9 Å². The van der Waals surface area contributed by atoms with Gasteiger partial charge in [-0.1, -0.05) is 0 Å². The van der Waals surface area contributed by atoms with Gasteiger partial charge < -0.3 is 24.8 Å². The van der Waals surface area contributed by atoms with Gasteiger partial charge in [0.25, 0.3) is 5.91 Å². The third kappa shape index (κ3) is 5.26. The van der Waals surface area contributed by atoms with E-state index in [1.54, 1.807) is 30.3 Å². The van der Waals surface area contributed by atoms with Crippen molar-refractivity contribution in [1.82, 2.24) is 19.9 Å². The average molecular weight is 484 g/mol. The first-order chi connectivity index (χ1) is 17.6. The first kappa shape index (κ1) is 23.3. The van der Waals surface area contributed by atoms with Gasteiger partial charge in [0.05, 0.1) is 31.7 Å². The summed E-state index contributed by atoms with van der Waals surface area (Å²) in [7, 11) is 1.63. The van der Waals surface area contributed by atoms with Crippen LogP contribution in [0.15, 0.2) is 72.9 Å². The number of nitrogen functional groups attached to an aromatic ring is 1. The minimum Gasteiger partial charge on any atom is -0.497 e. The number of benzene rings is 2. The molecule has 4 aromatic rings. The fraction of sp³-hybridized carbons (Fsp3) is 0.185. The van der Waals surface area contributed by atoms with E-state index in [-0.39, 0.29) is 11.9 Å². The first-order valence-electron chi connectivity index (χ1n) is 11.5. The molecular weight excluding hydrogens is 458 g/mol. The number of nitrogens with two attached hydrogens (primary N) is 1. The SMILES string of the molecule is COc1ccc(-c2cc(-c3ccc(Oc4ccnc(C(=O)N5CCOCC5)c4)cc3)nc(N)n2)cc1. The van der Waals surface area contributed by atoms with E-state index in [9.17, 15) is 4.79 Å². The van der Waals surface area contributed by atoms with E-state index in [0.717, 1.165) is 22.6 Å². The largest absolute Gasteiger partial charge is 0.497 e. The highest BCUT2D eigenvalue weighted by Gasteiger charge is 2.20. The molecule has 0 aliphatic carbocycles. The first-order valence-corrected chi connectivity index (χ1v) is 11.5. The molecule has 9 heteroatoms. The molecule has 36 heavy (non-hydrogen) atoms. The Hall–Kier alpha value is -4.50. The maximum Gasteiger partial charge on any atom is 0.272 e. The summed E-state index contributed by atoms with van der Waals surface area (Å²) in [6, 6.07) is 20.3. The molecule has 0 bridgehead atoms. The second kappa shape index (κ2) is 10.4. The predicted molar refractivity (Wildman–Crippen MR) is 135 cm³/mol. The highest BCUT2D eigenvalue weighted by Crippen LogP contribution is 2.29. The molecule has 3 heterocycles. The summed E-state index contributed by atoms with van der Waals surface area (Å²) >= 11 is 0. The number of amides is 1. The number of hydrogen-bond donors (Lipinski definition) is 1. The third-order valence-corrected chi connectivity index (χ3v) is 5.76. The molecule has 0 saturated carbocycles. The Balaban J connectivity index is 1.32. The zero-order valence-corrected chi connectivity index (χ0v) is 19.8. The van der Waals surface area contributed by atoms with Gasteiger partial charge in [-0.05, 0) is 60.7 Å². The van der Waals surface area contributed by atoms with Crippen LogP contribution in [0.1, 0.15) is 10.5 Å². The molecular formula is C27H25N5O4. The number of ether oxygens (including phenoxy) is 3. The zero-order chi connectivity index (χ0) is 24.9. The van der Waals surface area contributed by atoms with Crippen molar-refractivity contribution in [2.24, 2.45) is 0 Å². The number of rotatable bonds is 6. The fourth-order valence-electron chi connectivity index (χ4n) is 3.87. The molecule has 1 fully saturated rings. The summed E-state index contributed by atoms with van der Waals surface area (Å²) in [4.78, 5) is 27.4. The lowest BCUT2D eigenvalue weighted by Crippen LogP contribution is -2.41. The summed E-state index contributed by atoms with van der Waals surface area (Å²) in [6.45, 7) is 2.18. The van der Waals surface area contributed by atoms with Crippen molar-refractivity contribution in [2.45, 2.75) is 0 Å². The molecule has 2 aromatic heterocycles. The number of morpholine rings is 1. The third-order valence-electron chi connectivity index (χ3n) is 5.76. The van der Waals surface area contributed by atoms with Gasteiger partial charge in [0.2, 0.25) is 5.95 Å². The molecule has 0 atom stereocenters. The van der Waals surface area contributed by atoms with Gasteiger partial charge in [-0.3, -0.25) is 9.78 Å². The van der Waals surface area contributed by atoms with Crippen LogP contribution in [-0.4, -0.2) is 59.2 Å². The van der Waals surface area contributed by atoms with Crippen LogP contribution in [0.2, 0.25) is 0 Å². The Bertz CT molecular complexity index is 1350. The van der Waals surface area contributed by atoms with Gasteiger partial charge in [-0.2, -0.15) is 0 Å². The summed E-state index contributed by atoms with van der Waals surface area (Å²) in [5.74, 6) is 1.97. The normalized spacial score (nSPS) is 13.3. The second-order valence-corrected chi connectivity index (χ2v) is 8.13. The monoisotopic (exact) mass is 483 g/mol. The Labute approximate surface area is 208 Å². The van der Waals surface area contributed by atoms with Crippen LogP contribution in [0.25, 0.3) is 22.5 Å². The Morgan fingerprint density at radius 3 is 2.08 bits per heavy atom. The minimum atomic E-state index is -0.131. The molecule has 5 rings (SSSR count). The van der Waals surface area contributed by atoms with Gasteiger partial charge in [-0.25, -0.2) is 9.97 Å². The lowest BCUT2D eigenvalue weighted by Gasteiger charge is -2.26. The number of aromatic nitrogens is 3. The molecule has 9 nitrogen and oxygen atoms in total. The summed E-state index contributed by atoms with van der Waals surface area (Å²) in [5.41, 5.74) is 9.53. The Morgan fingerprint density at radius 1 is 0.861 bits per heavy atom. The number of hydrogen-bond acceptors (Lipinski definition) is 8. The van der Waals surface area contributed by atoms with Crippen LogP contribution in [0, 0.1) is 0 Å². The van der Waals surface area contributed by atoms with Crippen molar-refractivity contribution in [3.8, 4) is 39.8 Å². The van der Waals surface area contributed by atoms with Crippen molar-refractivity contribution in [3.63, 3.8) is 0 Å². The number of pyridine rings is 1. The van der Waals surface area contributed by atoms with Crippen molar-refractivity contribution in [2.75, 3.05) is 39.1 Å². The van der Waals surface area contributed by atoms with E-state index < -0.39 is 0 Å². The van der Waals surface area contributed by atoms with Gasteiger partial charge in [-0.15, -0.1) is 0 Å². The number of methoxy groups -OCH3 is 1. The van der Waals surface area contributed by atoms with Gasteiger partial charge in [0, 0.05) is 36.5 Å². The molecule has 1 saturated heterocycles. The summed E-state index contributed by atoms with van der Waals surface area (Å²) < 4.78 is 16.5. The lowest BCUT2D eigenvalue weighted by atomic mass is 10.1.